The third-order valence-electron chi connectivity index (χ3n) is 4.49. The molecule has 26 heavy (non-hydrogen) atoms. The number of oxazole rings is 1. The van der Waals surface area contributed by atoms with Gasteiger partial charge in [-0.05, 0) is 18.6 Å². The average Bonchev–Trinajstić information content (AvgIpc) is 3.20. The van der Waals surface area contributed by atoms with Gasteiger partial charge in [0, 0.05) is 31.6 Å². The van der Waals surface area contributed by atoms with Crippen LogP contribution in [-0.2, 0) is 0 Å². The van der Waals surface area contributed by atoms with Crippen LogP contribution in [0.4, 0.5) is 6.01 Å². The highest BCUT2D eigenvalue weighted by atomic mass is 16.4. The molecule has 2 aromatic heterocycles. The second-order valence-corrected chi connectivity index (χ2v) is 6.46. The normalized spacial score (nSPS) is 14.4. The fourth-order valence-corrected chi connectivity index (χ4v) is 3.02. The van der Waals surface area contributed by atoms with Crippen LogP contribution in [0.3, 0.4) is 0 Å². The van der Waals surface area contributed by atoms with Crippen molar-refractivity contribution in [3.8, 4) is 0 Å². The van der Waals surface area contributed by atoms with Crippen LogP contribution in [0.25, 0.3) is 11.1 Å². The van der Waals surface area contributed by atoms with Crippen molar-refractivity contribution < 1.29 is 18.4 Å². The summed E-state index contributed by atoms with van der Waals surface area (Å²) in [4.78, 5) is 29.4. The monoisotopic (exact) mass is 354 g/mol. The van der Waals surface area contributed by atoms with E-state index in [0.29, 0.717) is 37.1 Å². The molecule has 1 aliphatic heterocycles. The Labute approximate surface area is 148 Å². The average molecular weight is 354 g/mol. The van der Waals surface area contributed by atoms with Gasteiger partial charge in [-0.25, -0.2) is 0 Å². The molecule has 4 rings (SSSR count). The number of primary amides is 1. The molecule has 8 heteroatoms. The van der Waals surface area contributed by atoms with Crippen LogP contribution in [0.1, 0.15) is 26.5 Å². The van der Waals surface area contributed by atoms with E-state index in [1.54, 1.807) is 4.90 Å². The van der Waals surface area contributed by atoms with E-state index >= 15 is 0 Å². The molecule has 2 amide bonds. The summed E-state index contributed by atoms with van der Waals surface area (Å²) in [5.41, 5.74) is 8.10. The van der Waals surface area contributed by atoms with E-state index in [1.807, 2.05) is 25.1 Å². The first-order valence-corrected chi connectivity index (χ1v) is 8.29. The fraction of sp³-hybridized carbons (Fsp3) is 0.278. The molecule has 3 aromatic rings. The highest BCUT2D eigenvalue weighted by molar-refractivity contribution is 5.98. The molecule has 134 valence electrons. The Kier molecular flexibility index (Phi) is 3.87. The maximum Gasteiger partial charge on any atom is 0.295 e. The van der Waals surface area contributed by atoms with Crippen LogP contribution < -0.4 is 11.1 Å². The lowest BCUT2D eigenvalue weighted by Crippen LogP contribution is -2.52. The van der Waals surface area contributed by atoms with Gasteiger partial charge in [0.05, 0.1) is 5.56 Å². The van der Waals surface area contributed by atoms with Crippen LogP contribution >= 0.6 is 0 Å². The van der Waals surface area contributed by atoms with Gasteiger partial charge < -0.3 is 24.8 Å². The van der Waals surface area contributed by atoms with Crippen molar-refractivity contribution in [2.45, 2.75) is 6.92 Å². The number of nitrogens with two attached hydrogens (primary N) is 1. The Morgan fingerprint density at radius 3 is 2.88 bits per heavy atom. The third-order valence-corrected chi connectivity index (χ3v) is 4.49. The zero-order valence-electron chi connectivity index (χ0n) is 14.2. The molecule has 0 atom stereocenters. The molecule has 0 spiro atoms. The van der Waals surface area contributed by atoms with E-state index in [9.17, 15) is 9.59 Å². The summed E-state index contributed by atoms with van der Waals surface area (Å²) in [6.07, 6.45) is 1.26. The fourth-order valence-electron chi connectivity index (χ4n) is 3.02. The molecule has 0 unspecified atom stereocenters. The van der Waals surface area contributed by atoms with Crippen LogP contribution in [0.15, 0.2) is 39.4 Å². The SMILES string of the molecule is Cc1cccc2nc(NCC3CN(C(=O)c4coc(C(N)=O)c4)C3)oc12. The smallest absolute Gasteiger partial charge is 0.295 e. The Balaban J connectivity index is 1.31. The van der Waals surface area contributed by atoms with E-state index in [-0.39, 0.29) is 11.7 Å². The zero-order chi connectivity index (χ0) is 18.3. The van der Waals surface area contributed by atoms with Crippen LogP contribution in [0, 0.1) is 12.8 Å². The number of fused-ring (bicyclic) bond motifs is 1. The largest absolute Gasteiger partial charge is 0.458 e. The van der Waals surface area contributed by atoms with Crippen molar-refractivity contribution in [2.75, 3.05) is 25.0 Å². The number of anilines is 1. The van der Waals surface area contributed by atoms with Crippen molar-refractivity contribution >= 4 is 28.9 Å². The lowest BCUT2D eigenvalue weighted by Gasteiger charge is -2.39. The van der Waals surface area contributed by atoms with E-state index in [2.05, 4.69) is 10.3 Å². The zero-order valence-corrected chi connectivity index (χ0v) is 14.2. The summed E-state index contributed by atoms with van der Waals surface area (Å²) in [5.74, 6) is -0.575. The van der Waals surface area contributed by atoms with E-state index in [1.165, 1.54) is 12.3 Å². The molecular weight excluding hydrogens is 336 g/mol. The molecule has 1 fully saturated rings. The molecule has 0 aliphatic carbocycles. The number of carbonyl (C=O) groups is 2. The number of aryl methyl sites for hydroxylation is 1. The van der Waals surface area contributed by atoms with Gasteiger partial charge in [0.15, 0.2) is 11.3 Å². The van der Waals surface area contributed by atoms with Crippen LogP contribution in [0.2, 0.25) is 0 Å². The number of para-hydroxylation sites is 1. The molecule has 0 bridgehead atoms. The van der Waals surface area contributed by atoms with Gasteiger partial charge in [0.1, 0.15) is 11.8 Å². The predicted molar refractivity (Wildman–Crippen MR) is 93.9 cm³/mol. The van der Waals surface area contributed by atoms with E-state index < -0.39 is 5.91 Å². The lowest BCUT2D eigenvalue weighted by molar-refractivity contribution is 0.0520. The topological polar surface area (TPSA) is 115 Å². The molecule has 1 aromatic carbocycles. The number of nitrogens with one attached hydrogen (secondary N) is 1. The Bertz CT molecular complexity index is 984. The summed E-state index contributed by atoms with van der Waals surface area (Å²) in [5, 5.41) is 3.19. The van der Waals surface area contributed by atoms with Gasteiger partial charge in [-0.1, -0.05) is 12.1 Å². The Hall–Kier alpha value is -3.29. The first-order chi connectivity index (χ1) is 12.5. The Morgan fingerprint density at radius 1 is 1.38 bits per heavy atom. The molecule has 0 saturated carbocycles. The second-order valence-electron chi connectivity index (χ2n) is 6.46. The molecule has 3 N–H and O–H groups in total. The standard InChI is InChI=1S/C18H18N4O4/c1-10-3-2-4-13-15(10)26-18(21-13)20-6-11-7-22(8-11)17(24)12-5-14(16(19)23)25-9-12/h2-5,9,11H,6-8H2,1H3,(H2,19,23)(H,20,21). The molecule has 1 saturated heterocycles. The van der Waals surface area contributed by atoms with Crippen molar-refractivity contribution in [3.05, 3.63) is 47.4 Å². The second kappa shape index (κ2) is 6.21. The number of hydrogen-bond acceptors (Lipinski definition) is 6. The summed E-state index contributed by atoms with van der Waals surface area (Å²) in [6, 6.07) is 7.69. The molecule has 3 heterocycles. The van der Waals surface area contributed by atoms with Gasteiger partial charge in [-0.2, -0.15) is 4.98 Å². The number of aromatic nitrogens is 1. The summed E-state index contributed by atoms with van der Waals surface area (Å²) >= 11 is 0. The van der Waals surface area contributed by atoms with Gasteiger partial charge in [0.25, 0.3) is 17.8 Å². The molecule has 1 aliphatic rings. The first-order valence-electron chi connectivity index (χ1n) is 8.29. The van der Waals surface area contributed by atoms with Crippen molar-refractivity contribution in [2.24, 2.45) is 11.7 Å². The number of hydrogen-bond donors (Lipinski definition) is 2. The minimum atomic E-state index is -0.691. The highest BCUT2D eigenvalue weighted by Crippen LogP contribution is 2.24. The van der Waals surface area contributed by atoms with Crippen LogP contribution in [-0.4, -0.2) is 41.3 Å². The lowest BCUT2D eigenvalue weighted by atomic mass is 9.99. The van der Waals surface area contributed by atoms with Crippen molar-refractivity contribution in [1.29, 1.82) is 0 Å². The third kappa shape index (κ3) is 2.90. The van der Waals surface area contributed by atoms with Crippen LogP contribution in [0.5, 0.6) is 0 Å². The number of furan rings is 1. The van der Waals surface area contributed by atoms with Gasteiger partial charge in [-0.3, -0.25) is 9.59 Å². The summed E-state index contributed by atoms with van der Waals surface area (Å²) in [7, 11) is 0. The number of rotatable bonds is 5. The maximum atomic E-state index is 12.3. The minimum Gasteiger partial charge on any atom is -0.458 e. The highest BCUT2D eigenvalue weighted by Gasteiger charge is 2.32. The number of amides is 2. The van der Waals surface area contributed by atoms with Gasteiger partial charge >= 0.3 is 0 Å². The number of likely N-dealkylation sites (tertiary alicyclic amines) is 1. The van der Waals surface area contributed by atoms with Gasteiger partial charge in [0.2, 0.25) is 0 Å². The Morgan fingerprint density at radius 2 is 2.19 bits per heavy atom. The minimum absolute atomic E-state index is 0.0154. The molecule has 8 nitrogen and oxygen atoms in total. The molecular formula is C18H18N4O4. The van der Waals surface area contributed by atoms with Crippen molar-refractivity contribution in [1.82, 2.24) is 9.88 Å². The van der Waals surface area contributed by atoms with Crippen molar-refractivity contribution in [3.63, 3.8) is 0 Å². The maximum absolute atomic E-state index is 12.3. The first kappa shape index (κ1) is 16.2. The van der Waals surface area contributed by atoms with E-state index in [0.717, 1.165) is 16.7 Å². The number of carbonyl (C=O) groups excluding carboxylic acids is 2. The van der Waals surface area contributed by atoms with E-state index in [4.69, 9.17) is 14.6 Å². The summed E-state index contributed by atoms with van der Waals surface area (Å²) < 4.78 is 10.7. The summed E-state index contributed by atoms with van der Waals surface area (Å²) in [6.45, 7) is 3.87. The van der Waals surface area contributed by atoms with Gasteiger partial charge in [-0.15, -0.1) is 0 Å². The molecule has 0 radical (unpaired) electrons. The predicted octanol–water partition coefficient (Wildman–Crippen LogP) is 2.01. The number of nitrogens with zero attached hydrogens (tertiary/aromatic N) is 2. The quantitative estimate of drug-likeness (QED) is 0.724. The number of benzene rings is 1.